The number of aromatic nitrogens is 3. The number of fused-ring (bicyclic) bond motifs is 1. The Morgan fingerprint density at radius 2 is 1.84 bits per heavy atom. The molecule has 0 aliphatic heterocycles. The van der Waals surface area contributed by atoms with E-state index in [4.69, 9.17) is 16.2 Å². The van der Waals surface area contributed by atoms with Crippen molar-refractivity contribution >= 4 is 35.3 Å². The number of carbonyl (C=O) groups is 3. The molecule has 0 fully saturated rings. The predicted octanol–water partition coefficient (Wildman–Crippen LogP) is 2.25. The predicted molar refractivity (Wildman–Crippen MR) is 143 cm³/mol. The van der Waals surface area contributed by atoms with Crippen molar-refractivity contribution in [2.24, 2.45) is 11.5 Å². The molecule has 11 nitrogen and oxygen atoms in total. The summed E-state index contributed by atoms with van der Waals surface area (Å²) in [5.41, 5.74) is 12.4. The number of carbonyl (C=O) groups excluding carboxylic acids is 3. The van der Waals surface area contributed by atoms with Crippen LogP contribution in [0.1, 0.15) is 44.4 Å². The number of likely N-dealkylation sites (N-methyl/N-ethyl adjacent to an activating group) is 1. The van der Waals surface area contributed by atoms with Crippen molar-refractivity contribution in [1.29, 1.82) is 0 Å². The van der Waals surface area contributed by atoms with Crippen LogP contribution in [0.25, 0.3) is 5.65 Å². The normalized spacial score (nSPS) is 11.9. The fraction of sp³-hybridized carbons (Fsp3) is 0.400. The first kappa shape index (κ1) is 29.6. The summed E-state index contributed by atoms with van der Waals surface area (Å²) < 4.78 is 7.12. The van der Waals surface area contributed by atoms with E-state index in [1.807, 2.05) is 30.3 Å². The number of hydrogen-bond acceptors (Lipinski definition) is 8. The Labute approximate surface area is 220 Å². The van der Waals surface area contributed by atoms with Gasteiger partial charge in [-0.3, -0.25) is 14.0 Å². The van der Waals surface area contributed by atoms with Crippen LogP contribution in [0.15, 0.2) is 48.5 Å². The molecular weight excluding hydrogens is 494 g/mol. The van der Waals surface area contributed by atoms with Crippen molar-refractivity contribution in [1.82, 2.24) is 24.8 Å². The molecule has 5 N–H and O–H groups in total. The van der Waals surface area contributed by atoms with Crippen LogP contribution in [0.5, 0.6) is 0 Å². The van der Waals surface area contributed by atoms with E-state index in [1.54, 1.807) is 48.2 Å². The van der Waals surface area contributed by atoms with Gasteiger partial charge in [-0.1, -0.05) is 43.8 Å². The highest BCUT2D eigenvalue weighted by atomic mass is 32.2. The highest BCUT2D eigenvalue weighted by molar-refractivity contribution is 7.98. The molecule has 0 unspecified atom stereocenters. The average Bonchev–Trinajstić information content (AvgIpc) is 3.26. The summed E-state index contributed by atoms with van der Waals surface area (Å²) in [5, 5.41) is 11.6. The first-order valence-corrected chi connectivity index (χ1v) is 12.4. The number of thioether (sulfide) groups is 1. The third kappa shape index (κ3) is 8.19. The third-order valence-electron chi connectivity index (χ3n) is 5.18. The molecule has 3 aromatic rings. The molecule has 2 aromatic heterocycles. The molecule has 0 radical (unpaired) electrons. The van der Waals surface area contributed by atoms with Crippen molar-refractivity contribution in [2.45, 2.75) is 45.2 Å². The minimum Gasteiger partial charge on any atom is -0.443 e. The summed E-state index contributed by atoms with van der Waals surface area (Å²) in [7, 11) is 1.42. The van der Waals surface area contributed by atoms with Gasteiger partial charge in [0.05, 0.1) is 17.3 Å². The van der Waals surface area contributed by atoms with Gasteiger partial charge in [-0.15, -0.1) is 10.2 Å². The van der Waals surface area contributed by atoms with Gasteiger partial charge >= 0.3 is 6.09 Å². The number of nitrogens with one attached hydrogen (secondary N) is 1. The lowest BCUT2D eigenvalue weighted by atomic mass is 10.1. The van der Waals surface area contributed by atoms with E-state index in [1.165, 1.54) is 7.05 Å². The lowest BCUT2D eigenvalue weighted by Crippen LogP contribution is -2.50. The number of ether oxygens (including phenoxy) is 1. The molecule has 0 aliphatic rings. The van der Waals surface area contributed by atoms with Crippen LogP contribution in [-0.4, -0.2) is 62.3 Å². The summed E-state index contributed by atoms with van der Waals surface area (Å²) in [4.78, 5) is 37.2. The van der Waals surface area contributed by atoms with Crippen molar-refractivity contribution in [3.63, 3.8) is 0 Å². The fourth-order valence-electron chi connectivity index (χ4n) is 3.31. The number of pyridine rings is 1. The van der Waals surface area contributed by atoms with Gasteiger partial charge in [-0.25, -0.2) is 4.79 Å². The highest BCUT2D eigenvalue weighted by Gasteiger charge is 2.28. The summed E-state index contributed by atoms with van der Waals surface area (Å²) in [6, 6.07) is 14.8. The van der Waals surface area contributed by atoms with Gasteiger partial charge in [0.2, 0.25) is 11.8 Å². The molecule has 1 aromatic carbocycles. The molecule has 12 heteroatoms. The first-order chi connectivity index (χ1) is 17.1. The van der Waals surface area contributed by atoms with E-state index in [0.29, 0.717) is 22.9 Å². The molecule has 0 spiro atoms. The van der Waals surface area contributed by atoms with E-state index in [2.05, 4.69) is 15.5 Å². The second-order valence-electron chi connectivity index (χ2n) is 8.89. The highest BCUT2D eigenvalue weighted by Crippen LogP contribution is 2.23. The summed E-state index contributed by atoms with van der Waals surface area (Å²) in [6.07, 6.45) is -0.700. The Morgan fingerprint density at radius 1 is 1.14 bits per heavy atom. The van der Waals surface area contributed by atoms with E-state index < -0.39 is 23.6 Å². The van der Waals surface area contributed by atoms with Crippen molar-refractivity contribution in [3.8, 4) is 0 Å². The standard InChI is InChI=1S/C24H31N7O4S.CH4/c1-24(2,26)22(33)27-18(15-36-14-16-8-5-4-6-9-16)21-29-28-20-11-7-10-17(31(20)21)13-35-23(34)30(3)12-19(25)32;/h4-11,18H,12-15,26H2,1-3H3,(H2,25,32)(H,27,33);1H4/t18-;/m1./s1. The van der Waals surface area contributed by atoms with Gasteiger partial charge in [0.1, 0.15) is 13.2 Å². The van der Waals surface area contributed by atoms with Gasteiger partial charge in [-0.2, -0.15) is 11.8 Å². The van der Waals surface area contributed by atoms with E-state index in [9.17, 15) is 14.4 Å². The molecule has 0 aliphatic carbocycles. The average molecular weight is 530 g/mol. The molecule has 2 heterocycles. The maximum absolute atomic E-state index is 12.8. The van der Waals surface area contributed by atoms with Crippen LogP contribution in [0.2, 0.25) is 0 Å². The van der Waals surface area contributed by atoms with Crippen LogP contribution in [0, 0.1) is 0 Å². The number of nitrogens with two attached hydrogens (primary N) is 2. The lowest BCUT2D eigenvalue weighted by molar-refractivity contribution is -0.126. The molecule has 0 saturated carbocycles. The van der Waals surface area contributed by atoms with E-state index in [-0.39, 0.29) is 26.5 Å². The van der Waals surface area contributed by atoms with Crippen molar-refractivity contribution in [2.75, 3.05) is 19.3 Å². The number of amides is 3. The van der Waals surface area contributed by atoms with Gasteiger partial charge in [0.15, 0.2) is 11.5 Å². The number of rotatable bonds is 11. The van der Waals surface area contributed by atoms with Crippen LogP contribution in [0.4, 0.5) is 4.79 Å². The molecule has 37 heavy (non-hydrogen) atoms. The monoisotopic (exact) mass is 529 g/mol. The fourth-order valence-corrected chi connectivity index (χ4v) is 4.32. The Morgan fingerprint density at radius 3 is 2.49 bits per heavy atom. The largest absolute Gasteiger partial charge is 0.443 e. The molecule has 200 valence electrons. The Bertz CT molecular complexity index is 1210. The second-order valence-corrected chi connectivity index (χ2v) is 9.92. The van der Waals surface area contributed by atoms with Gasteiger partial charge in [0.25, 0.3) is 0 Å². The molecule has 0 saturated heterocycles. The molecule has 3 rings (SSSR count). The minimum atomic E-state index is -1.09. The van der Waals surface area contributed by atoms with E-state index >= 15 is 0 Å². The topological polar surface area (TPSA) is 158 Å². The summed E-state index contributed by atoms with van der Waals surface area (Å²) >= 11 is 1.64. The van der Waals surface area contributed by atoms with Crippen LogP contribution in [-0.2, 0) is 26.7 Å². The smallest absolute Gasteiger partial charge is 0.410 e. The maximum Gasteiger partial charge on any atom is 0.410 e. The zero-order valence-electron chi connectivity index (χ0n) is 20.5. The maximum atomic E-state index is 12.8. The number of benzene rings is 1. The van der Waals surface area contributed by atoms with Gasteiger partial charge in [-0.05, 0) is 31.5 Å². The second kappa shape index (κ2) is 13.1. The molecule has 3 amide bonds. The van der Waals surface area contributed by atoms with Gasteiger partial charge < -0.3 is 26.4 Å². The molecule has 0 bridgehead atoms. The van der Waals surface area contributed by atoms with Crippen LogP contribution >= 0.6 is 11.8 Å². The SMILES string of the molecule is C.CN(CC(N)=O)C(=O)OCc1cccc2nnc([C@@H](CSCc3ccccc3)NC(=O)C(C)(C)N)n12. The third-order valence-corrected chi connectivity index (χ3v) is 6.29. The van der Waals surface area contributed by atoms with Crippen molar-refractivity contribution in [3.05, 3.63) is 65.6 Å². The Balaban J connectivity index is 0.00000481. The summed E-state index contributed by atoms with van der Waals surface area (Å²) in [5.74, 6) is 0.758. The quantitative estimate of drug-likeness (QED) is 0.341. The number of primary amides is 1. The zero-order chi connectivity index (χ0) is 26.3. The van der Waals surface area contributed by atoms with Gasteiger partial charge in [0, 0.05) is 18.6 Å². The lowest BCUT2D eigenvalue weighted by Gasteiger charge is -2.24. The van der Waals surface area contributed by atoms with Crippen LogP contribution < -0.4 is 16.8 Å². The first-order valence-electron chi connectivity index (χ1n) is 11.3. The zero-order valence-corrected chi connectivity index (χ0v) is 21.3. The minimum absolute atomic E-state index is 0. The molecular formula is C25H35N7O4S. The number of nitrogens with zero attached hydrogens (tertiary/aromatic N) is 4. The summed E-state index contributed by atoms with van der Waals surface area (Å²) in [6.45, 7) is 2.89. The Hall–Kier alpha value is -3.64. The Kier molecular flexibility index (Phi) is 10.4. The van der Waals surface area contributed by atoms with Crippen LogP contribution in [0.3, 0.4) is 0 Å². The molecule has 1 atom stereocenters. The van der Waals surface area contributed by atoms with Crippen molar-refractivity contribution < 1.29 is 19.1 Å². The number of hydrogen-bond donors (Lipinski definition) is 3. The van der Waals surface area contributed by atoms with E-state index in [0.717, 1.165) is 16.2 Å².